The Hall–Kier alpha value is -0.850. The van der Waals surface area contributed by atoms with Crippen LogP contribution < -0.4 is 0 Å². The van der Waals surface area contributed by atoms with Crippen molar-refractivity contribution in [1.29, 1.82) is 0 Å². The third kappa shape index (κ3) is 2.04. The van der Waals surface area contributed by atoms with Gasteiger partial charge in [-0.3, -0.25) is 4.99 Å². The van der Waals surface area contributed by atoms with Crippen LogP contribution in [0.25, 0.3) is 0 Å². The summed E-state index contributed by atoms with van der Waals surface area (Å²) in [6.45, 7) is 8.40. The van der Waals surface area contributed by atoms with E-state index in [4.69, 9.17) is 0 Å². The fourth-order valence-corrected chi connectivity index (χ4v) is 0.868. The number of hydrogen-bond donors (Lipinski definition) is 0. The highest BCUT2D eigenvalue weighted by molar-refractivity contribution is 5.80. The number of nitrogens with zero attached hydrogens (tertiary/aromatic N) is 1. The Morgan fingerprint density at radius 3 is 2.45 bits per heavy atom. The van der Waals surface area contributed by atoms with Crippen LogP contribution in [0.1, 0.15) is 27.7 Å². The predicted molar refractivity (Wildman–Crippen MR) is 50.1 cm³/mol. The van der Waals surface area contributed by atoms with E-state index in [-0.39, 0.29) is 5.54 Å². The normalized spacial score (nSPS) is 22.2. The van der Waals surface area contributed by atoms with E-state index in [0.717, 1.165) is 0 Å². The summed E-state index contributed by atoms with van der Waals surface area (Å²) in [7, 11) is 0. The molecule has 1 nitrogen and oxygen atoms in total. The molecule has 0 fully saturated rings. The fraction of sp³-hybridized carbons (Fsp3) is 0.500. The average Bonchev–Trinajstić information content (AvgIpc) is 2.03. The van der Waals surface area contributed by atoms with Crippen molar-refractivity contribution in [3.05, 3.63) is 23.3 Å². The third-order valence-electron chi connectivity index (χ3n) is 1.95. The van der Waals surface area contributed by atoms with Crippen LogP contribution in [-0.2, 0) is 0 Å². The highest BCUT2D eigenvalue weighted by atomic mass is 14.8. The molecule has 1 heterocycles. The second kappa shape index (κ2) is 2.65. The van der Waals surface area contributed by atoms with E-state index in [1.54, 1.807) is 0 Å². The summed E-state index contributed by atoms with van der Waals surface area (Å²) in [4.78, 5) is 4.42. The number of allylic oxidation sites excluding steroid dienone is 3. The van der Waals surface area contributed by atoms with Crippen LogP contribution in [0.2, 0.25) is 0 Å². The summed E-state index contributed by atoms with van der Waals surface area (Å²) in [5.74, 6) is 0. The average molecular weight is 149 g/mol. The maximum Gasteiger partial charge on any atom is 0.0734 e. The standard InChI is InChI=1S/C10H15N/c1-8-5-6-10(3,4)11-7-9(8)2/h5-7H,1-4H3. The number of rotatable bonds is 0. The molecule has 0 aromatic carbocycles. The summed E-state index contributed by atoms with van der Waals surface area (Å²) in [5.41, 5.74) is 2.53. The topological polar surface area (TPSA) is 12.4 Å². The van der Waals surface area contributed by atoms with Crippen molar-refractivity contribution in [2.45, 2.75) is 33.2 Å². The van der Waals surface area contributed by atoms with Gasteiger partial charge in [-0.2, -0.15) is 0 Å². The Labute approximate surface area is 68.5 Å². The third-order valence-corrected chi connectivity index (χ3v) is 1.95. The summed E-state index contributed by atoms with van der Waals surface area (Å²) < 4.78 is 0. The molecular weight excluding hydrogens is 134 g/mol. The molecule has 0 saturated carbocycles. The first kappa shape index (κ1) is 8.25. The highest BCUT2D eigenvalue weighted by Crippen LogP contribution is 2.17. The van der Waals surface area contributed by atoms with Gasteiger partial charge in [0.05, 0.1) is 5.54 Å². The van der Waals surface area contributed by atoms with E-state index in [0.29, 0.717) is 0 Å². The van der Waals surface area contributed by atoms with Crippen LogP contribution >= 0.6 is 0 Å². The van der Waals surface area contributed by atoms with Crippen LogP contribution in [0.4, 0.5) is 0 Å². The molecule has 0 aliphatic carbocycles. The number of hydrogen-bond acceptors (Lipinski definition) is 1. The quantitative estimate of drug-likeness (QED) is 0.502. The lowest BCUT2D eigenvalue weighted by molar-refractivity contribution is 0.662. The van der Waals surface area contributed by atoms with Crippen molar-refractivity contribution >= 4 is 6.21 Å². The molecule has 0 N–H and O–H groups in total. The van der Waals surface area contributed by atoms with Gasteiger partial charge in [-0.1, -0.05) is 12.2 Å². The van der Waals surface area contributed by atoms with Gasteiger partial charge in [-0.25, -0.2) is 0 Å². The first-order valence-electron chi connectivity index (χ1n) is 3.93. The second-order valence-corrected chi connectivity index (χ2v) is 3.61. The molecule has 60 valence electrons. The Kier molecular flexibility index (Phi) is 1.99. The molecular formula is C10H15N. The minimum atomic E-state index is -0.0287. The van der Waals surface area contributed by atoms with Crippen molar-refractivity contribution in [2.24, 2.45) is 4.99 Å². The summed E-state index contributed by atoms with van der Waals surface area (Å²) in [6.07, 6.45) is 6.23. The fourth-order valence-electron chi connectivity index (χ4n) is 0.868. The summed E-state index contributed by atoms with van der Waals surface area (Å²) in [6, 6.07) is 0. The van der Waals surface area contributed by atoms with E-state index in [1.807, 2.05) is 6.21 Å². The molecule has 1 aliphatic rings. The monoisotopic (exact) mass is 149 g/mol. The van der Waals surface area contributed by atoms with Crippen LogP contribution in [0, 0.1) is 0 Å². The lowest BCUT2D eigenvalue weighted by Crippen LogP contribution is -2.11. The molecule has 0 radical (unpaired) electrons. The zero-order valence-electron chi connectivity index (χ0n) is 7.68. The van der Waals surface area contributed by atoms with E-state index in [1.165, 1.54) is 11.1 Å². The first-order chi connectivity index (χ1) is 5.01. The molecule has 0 saturated heterocycles. The van der Waals surface area contributed by atoms with Crippen LogP contribution in [-0.4, -0.2) is 11.8 Å². The van der Waals surface area contributed by atoms with Gasteiger partial charge in [0.1, 0.15) is 0 Å². The number of aliphatic imine (C=N–C) groups is 1. The van der Waals surface area contributed by atoms with Gasteiger partial charge in [0, 0.05) is 6.21 Å². The first-order valence-corrected chi connectivity index (χ1v) is 3.93. The molecule has 0 aromatic heterocycles. The minimum Gasteiger partial charge on any atom is -0.283 e. The van der Waals surface area contributed by atoms with E-state index >= 15 is 0 Å². The van der Waals surface area contributed by atoms with Crippen molar-refractivity contribution in [3.8, 4) is 0 Å². The maximum atomic E-state index is 4.42. The Bertz CT molecular complexity index is 218. The van der Waals surface area contributed by atoms with Crippen LogP contribution in [0.5, 0.6) is 0 Å². The Morgan fingerprint density at radius 1 is 1.18 bits per heavy atom. The maximum absolute atomic E-state index is 4.42. The van der Waals surface area contributed by atoms with Gasteiger partial charge in [0.25, 0.3) is 0 Å². The smallest absolute Gasteiger partial charge is 0.0734 e. The van der Waals surface area contributed by atoms with E-state index < -0.39 is 0 Å². The molecule has 11 heavy (non-hydrogen) atoms. The zero-order chi connectivity index (χ0) is 8.48. The summed E-state index contributed by atoms with van der Waals surface area (Å²) in [5, 5.41) is 0. The van der Waals surface area contributed by atoms with E-state index in [2.05, 4.69) is 44.8 Å². The van der Waals surface area contributed by atoms with Crippen LogP contribution in [0.3, 0.4) is 0 Å². The largest absolute Gasteiger partial charge is 0.283 e. The van der Waals surface area contributed by atoms with Gasteiger partial charge >= 0.3 is 0 Å². The second-order valence-electron chi connectivity index (χ2n) is 3.61. The molecule has 0 atom stereocenters. The molecule has 0 aromatic rings. The van der Waals surface area contributed by atoms with Crippen molar-refractivity contribution < 1.29 is 0 Å². The Morgan fingerprint density at radius 2 is 1.82 bits per heavy atom. The summed E-state index contributed by atoms with van der Waals surface area (Å²) >= 11 is 0. The van der Waals surface area contributed by atoms with Gasteiger partial charge in [-0.05, 0) is 38.8 Å². The van der Waals surface area contributed by atoms with Crippen molar-refractivity contribution in [3.63, 3.8) is 0 Å². The SMILES string of the molecule is CC1=C(C)C=NC(C)(C)C=C1. The van der Waals surface area contributed by atoms with Gasteiger partial charge < -0.3 is 0 Å². The molecule has 1 heteroatoms. The zero-order valence-corrected chi connectivity index (χ0v) is 7.68. The lowest BCUT2D eigenvalue weighted by Gasteiger charge is -2.11. The van der Waals surface area contributed by atoms with E-state index in [9.17, 15) is 0 Å². The van der Waals surface area contributed by atoms with Gasteiger partial charge in [0.2, 0.25) is 0 Å². The van der Waals surface area contributed by atoms with Gasteiger partial charge in [-0.15, -0.1) is 0 Å². The molecule has 1 aliphatic heterocycles. The van der Waals surface area contributed by atoms with Crippen molar-refractivity contribution in [1.82, 2.24) is 0 Å². The Balaban J connectivity index is 3.01. The van der Waals surface area contributed by atoms with Crippen molar-refractivity contribution in [2.75, 3.05) is 0 Å². The molecule has 1 rings (SSSR count). The minimum absolute atomic E-state index is 0.0287. The highest BCUT2D eigenvalue weighted by Gasteiger charge is 2.11. The molecule has 0 bridgehead atoms. The van der Waals surface area contributed by atoms with Crippen LogP contribution in [0.15, 0.2) is 28.3 Å². The predicted octanol–water partition coefficient (Wildman–Crippen LogP) is 2.74. The lowest BCUT2D eigenvalue weighted by atomic mass is 10.1. The molecule has 0 spiro atoms. The van der Waals surface area contributed by atoms with Gasteiger partial charge in [0.15, 0.2) is 0 Å². The molecule has 0 unspecified atom stereocenters. The molecule has 0 amide bonds.